The average molecular weight is 277 g/mol. The van der Waals surface area contributed by atoms with Crippen LogP contribution >= 0.6 is 11.8 Å². The molecule has 6 heteroatoms. The van der Waals surface area contributed by atoms with Crippen molar-refractivity contribution in [1.29, 1.82) is 0 Å². The second kappa shape index (κ2) is 6.38. The van der Waals surface area contributed by atoms with Crippen molar-refractivity contribution < 1.29 is 9.53 Å². The summed E-state index contributed by atoms with van der Waals surface area (Å²) >= 11 is 1.35. The summed E-state index contributed by atoms with van der Waals surface area (Å²) in [6, 6.07) is 5.84. The third kappa shape index (κ3) is 3.82. The van der Waals surface area contributed by atoms with Crippen LogP contribution in [0.1, 0.15) is 18.1 Å². The Bertz CT molecular complexity index is 541. The molecule has 1 N–H and O–H groups in total. The molecule has 1 saturated heterocycles. The van der Waals surface area contributed by atoms with Gasteiger partial charge < -0.3 is 10.1 Å². The first kappa shape index (κ1) is 13.6. The topological polar surface area (TPSA) is 63.1 Å². The van der Waals surface area contributed by atoms with Gasteiger partial charge in [-0.2, -0.15) is 5.10 Å². The fourth-order valence-corrected chi connectivity index (χ4v) is 2.17. The number of hydrogen-bond acceptors (Lipinski definition) is 5. The van der Waals surface area contributed by atoms with Gasteiger partial charge >= 0.3 is 0 Å². The molecule has 1 aromatic carbocycles. The number of amidine groups is 1. The van der Waals surface area contributed by atoms with Crippen LogP contribution in [0.5, 0.6) is 5.75 Å². The summed E-state index contributed by atoms with van der Waals surface area (Å²) in [5.41, 5.74) is 2.00. The van der Waals surface area contributed by atoms with E-state index in [2.05, 4.69) is 15.5 Å². The number of carbonyl (C=O) groups excluding carboxylic acids is 1. The van der Waals surface area contributed by atoms with E-state index in [0.717, 1.165) is 16.9 Å². The summed E-state index contributed by atoms with van der Waals surface area (Å²) in [5, 5.41) is 11.1. The molecule has 2 rings (SSSR count). The quantitative estimate of drug-likeness (QED) is 0.676. The molecule has 1 fully saturated rings. The molecule has 0 spiro atoms. The third-order valence-electron chi connectivity index (χ3n) is 2.45. The van der Waals surface area contributed by atoms with E-state index in [1.165, 1.54) is 11.8 Å². The van der Waals surface area contributed by atoms with E-state index in [9.17, 15) is 4.79 Å². The number of ether oxygens (including phenoxy) is 1. The summed E-state index contributed by atoms with van der Waals surface area (Å²) < 4.78 is 5.51. The van der Waals surface area contributed by atoms with Gasteiger partial charge in [0.15, 0.2) is 5.17 Å². The molecule has 1 heterocycles. The van der Waals surface area contributed by atoms with E-state index in [1.54, 1.807) is 6.21 Å². The lowest BCUT2D eigenvalue weighted by molar-refractivity contribution is -0.116. The average Bonchev–Trinajstić information content (AvgIpc) is 2.79. The zero-order valence-electron chi connectivity index (χ0n) is 10.8. The molecular weight excluding hydrogens is 262 g/mol. The number of amides is 1. The summed E-state index contributed by atoms with van der Waals surface area (Å²) in [5.74, 6) is 1.23. The summed E-state index contributed by atoms with van der Waals surface area (Å²) in [4.78, 5) is 11.0. The first-order valence-electron chi connectivity index (χ1n) is 5.96. The van der Waals surface area contributed by atoms with Crippen LogP contribution in [0.2, 0.25) is 0 Å². The van der Waals surface area contributed by atoms with Crippen LogP contribution < -0.4 is 10.1 Å². The van der Waals surface area contributed by atoms with Crippen molar-refractivity contribution in [3.05, 3.63) is 29.3 Å². The molecule has 1 aliphatic rings. The molecular formula is C13H15N3O2S. The molecule has 19 heavy (non-hydrogen) atoms. The molecule has 0 bridgehead atoms. The molecule has 5 nitrogen and oxygen atoms in total. The molecule has 0 saturated carbocycles. The lowest BCUT2D eigenvalue weighted by atomic mass is 10.1. The van der Waals surface area contributed by atoms with E-state index in [4.69, 9.17) is 4.74 Å². The minimum absolute atomic E-state index is 0.0343. The van der Waals surface area contributed by atoms with Crippen LogP contribution in [0.15, 0.2) is 28.4 Å². The van der Waals surface area contributed by atoms with E-state index in [-0.39, 0.29) is 5.91 Å². The Morgan fingerprint density at radius 2 is 2.37 bits per heavy atom. The summed E-state index contributed by atoms with van der Waals surface area (Å²) in [7, 11) is 0. The molecule has 100 valence electrons. The van der Waals surface area contributed by atoms with Gasteiger partial charge in [0.2, 0.25) is 5.91 Å². The molecule has 0 atom stereocenters. The fourth-order valence-electron chi connectivity index (χ4n) is 1.54. The Kier molecular flexibility index (Phi) is 4.57. The Morgan fingerprint density at radius 3 is 3.05 bits per heavy atom. The van der Waals surface area contributed by atoms with Gasteiger partial charge in [-0.3, -0.25) is 4.79 Å². The Morgan fingerprint density at radius 1 is 1.53 bits per heavy atom. The number of nitrogens with zero attached hydrogens (tertiary/aromatic N) is 2. The predicted octanol–water partition coefficient (Wildman–Crippen LogP) is 1.95. The lowest BCUT2D eigenvalue weighted by Gasteiger charge is -2.06. The molecule has 0 radical (unpaired) electrons. The highest BCUT2D eigenvalue weighted by Gasteiger charge is 2.15. The smallest absolute Gasteiger partial charge is 0.236 e. The normalized spacial score (nSPS) is 17.2. The van der Waals surface area contributed by atoms with Crippen LogP contribution in [0.3, 0.4) is 0 Å². The van der Waals surface area contributed by atoms with E-state index < -0.39 is 0 Å². The van der Waals surface area contributed by atoms with Gasteiger partial charge in [0.1, 0.15) is 5.75 Å². The van der Waals surface area contributed by atoms with Crippen molar-refractivity contribution in [3.8, 4) is 5.75 Å². The maximum Gasteiger partial charge on any atom is 0.236 e. The van der Waals surface area contributed by atoms with Crippen molar-refractivity contribution in [2.75, 3.05) is 12.4 Å². The van der Waals surface area contributed by atoms with E-state index in [0.29, 0.717) is 17.5 Å². The highest BCUT2D eigenvalue weighted by Crippen LogP contribution is 2.18. The Hall–Kier alpha value is -1.82. The molecule has 0 aromatic heterocycles. The third-order valence-corrected chi connectivity index (χ3v) is 3.32. The zero-order chi connectivity index (χ0) is 13.7. The minimum atomic E-state index is -0.0343. The number of hydrogen-bond donors (Lipinski definition) is 1. The molecule has 0 unspecified atom stereocenters. The number of aryl methyl sites for hydroxylation is 1. The van der Waals surface area contributed by atoms with Crippen LogP contribution in [-0.2, 0) is 4.79 Å². The number of rotatable bonds is 4. The lowest BCUT2D eigenvalue weighted by Crippen LogP contribution is -2.19. The van der Waals surface area contributed by atoms with Crippen molar-refractivity contribution in [3.63, 3.8) is 0 Å². The van der Waals surface area contributed by atoms with Crippen LogP contribution in [-0.4, -0.2) is 29.6 Å². The second-order valence-corrected chi connectivity index (χ2v) is 4.91. The van der Waals surface area contributed by atoms with Crippen molar-refractivity contribution in [2.45, 2.75) is 13.8 Å². The minimum Gasteiger partial charge on any atom is -0.494 e. The van der Waals surface area contributed by atoms with Crippen molar-refractivity contribution >= 4 is 29.1 Å². The maximum absolute atomic E-state index is 11.0. The SMILES string of the molecule is CCOc1cc(C=NN=C2NC(=O)CS2)ccc1C. The summed E-state index contributed by atoms with van der Waals surface area (Å²) in [6.45, 7) is 4.58. The monoisotopic (exact) mass is 277 g/mol. The van der Waals surface area contributed by atoms with E-state index in [1.807, 2.05) is 32.0 Å². The van der Waals surface area contributed by atoms with Gasteiger partial charge in [-0.15, -0.1) is 5.10 Å². The van der Waals surface area contributed by atoms with Gasteiger partial charge in [0.25, 0.3) is 0 Å². The highest BCUT2D eigenvalue weighted by atomic mass is 32.2. The largest absolute Gasteiger partial charge is 0.494 e. The Labute approximate surface area is 116 Å². The molecule has 1 aliphatic heterocycles. The number of nitrogens with one attached hydrogen (secondary N) is 1. The molecule has 1 aromatic rings. The fraction of sp³-hybridized carbons (Fsp3) is 0.308. The molecule has 1 amide bonds. The second-order valence-electron chi connectivity index (χ2n) is 3.94. The van der Waals surface area contributed by atoms with E-state index >= 15 is 0 Å². The standard InChI is InChI=1S/C13H15N3O2S/c1-3-18-11-6-10(5-4-9(11)2)7-14-16-13-15-12(17)8-19-13/h4-7H,3,8H2,1-2H3,(H,15,16,17). The van der Waals surface area contributed by atoms with Gasteiger partial charge in [-0.25, -0.2) is 0 Å². The molecule has 0 aliphatic carbocycles. The Balaban J connectivity index is 2.06. The van der Waals surface area contributed by atoms with Gasteiger partial charge in [0, 0.05) is 0 Å². The first-order chi connectivity index (χ1) is 9.19. The zero-order valence-corrected chi connectivity index (χ0v) is 11.7. The maximum atomic E-state index is 11.0. The number of carbonyl (C=O) groups is 1. The van der Waals surface area contributed by atoms with Crippen LogP contribution in [0, 0.1) is 6.92 Å². The predicted molar refractivity (Wildman–Crippen MR) is 78.0 cm³/mol. The van der Waals surface area contributed by atoms with Crippen molar-refractivity contribution in [1.82, 2.24) is 5.32 Å². The first-order valence-corrected chi connectivity index (χ1v) is 6.94. The van der Waals surface area contributed by atoms with Gasteiger partial charge in [-0.1, -0.05) is 23.9 Å². The van der Waals surface area contributed by atoms with Crippen molar-refractivity contribution in [2.24, 2.45) is 10.2 Å². The van der Waals surface area contributed by atoms with Crippen LogP contribution in [0.25, 0.3) is 0 Å². The van der Waals surface area contributed by atoms with Gasteiger partial charge in [-0.05, 0) is 31.0 Å². The number of thioether (sulfide) groups is 1. The highest BCUT2D eigenvalue weighted by molar-refractivity contribution is 8.15. The number of benzene rings is 1. The van der Waals surface area contributed by atoms with Gasteiger partial charge in [0.05, 0.1) is 18.6 Å². The van der Waals surface area contributed by atoms with Crippen LogP contribution in [0.4, 0.5) is 0 Å². The summed E-state index contributed by atoms with van der Waals surface area (Å²) in [6.07, 6.45) is 1.64.